The predicted molar refractivity (Wildman–Crippen MR) is 44.8 cm³/mol. The van der Waals surface area contributed by atoms with Crippen LogP contribution in [0.5, 0.6) is 0 Å². The van der Waals surface area contributed by atoms with E-state index in [0.717, 1.165) is 5.92 Å². The van der Waals surface area contributed by atoms with Crippen molar-refractivity contribution in [3.05, 3.63) is 0 Å². The highest BCUT2D eigenvalue weighted by atomic mass is 14.7. The van der Waals surface area contributed by atoms with Crippen LogP contribution in [0, 0.1) is 11.3 Å². The van der Waals surface area contributed by atoms with Crippen molar-refractivity contribution in [1.82, 2.24) is 0 Å². The van der Waals surface area contributed by atoms with Gasteiger partial charge in [0.1, 0.15) is 0 Å². The molecule has 2 unspecified atom stereocenters. The van der Waals surface area contributed by atoms with E-state index < -0.39 is 0 Å². The molecule has 0 aromatic carbocycles. The molecule has 1 aliphatic carbocycles. The zero-order chi connectivity index (χ0) is 7.78. The molecule has 2 N–H and O–H groups in total. The first-order chi connectivity index (χ1) is 4.58. The lowest BCUT2D eigenvalue weighted by molar-refractivity contribution is 0.454. The van der Waals surface area contributed by atoms with Crippen molar-refractivity contribution in [2.75, 3.05) is 0 Å². The Bertz CT molecular complexity index is 118. The molecule has 0 bridgehead atoms. The van der Waals surface area contributed by atoms with Crippen LogP contribution in [0.2, 0.25) is 0 Å². The quantitative estimate of drug-likeness (QED) is 0.640. The lowest BCUT2D eigenvalue weighted by Crippen LogP contribution is -2.24. The monoisotopic (exact) mass is 141 g/mol. The van der Waals surface area contributed by atoms with E-state index in [1.54, 1.807) is 0 Å². The van der Waals surface area contributed by atoms with Crippen molar-refractivity contribution in [1.29, 1.82) is 0 Å². The molecule has 2 atom stereocenters. The van der Waals surface area contributed by atoms with E-state index in [4.69, 9.17) is 5.73 Å². The Kier molecular flexibility index (Phi) is 2.04. The Morgan fingerprint density at radius 1 is 1.60 bits per heavy atom. The zero-order valence-corrected chi connectivity index (χ0v) is 7.35. The molecule has 1 aliphatic rings. The van der Waals surface area contributed by atoms with Gasteiger partial charge in [-0.1, -0.05) is 27.2 Å². The molecule has 0 aromatic rings. The highest BCUT2D eigenvalue weighted by Crippen LogP contribution is 2.53. The maximum absolute atomic E-state index is 5.97. The number of hydrogen-bond donors (Lipinski definition) is 1. The lowest BCUT2D eigenvalue weighted by Gasteiger charge is -2.11. The standard InChI is InChI=1S/C9H19N/c1-4-5-8(10)7-6-9(7,2)3/h7-8H,4-6,10H2,1-3H3. The summed E-state index contributed by atoms with van der Waals surface area (Å²) < 4.78 is 0. The fraction of sp³-hybridized carbons (Fsp3) is 1.00. The number of rotatable bonds is 3. The zero-order valence-electron chi connectivity index (χ0n) is 7.35. The van der Waals surface area contributed by atoms with Gasteiger partial charge in [0.15, 0.2) is 0 Å². The normalized spacial score (nSPS) is 31.8. The molecule has 0 aromatic heterocycles. The number of nitrogens with two attached hydrogens (primary N) is 1. The highest BCUT2D eigenvalue weighted by molar-refractivity contribution is 5.00. The maximum Gasteiger partial charge on any atom is 0.00723 e. The topological polar surface area (TPSA) is 26.0 Å². The Labute approximate surface area is 64.0 Å². The van der Waals surface area contributed by atoms with Crippen LogP contribution < -0.4 is 5.73 Å². The average molecular weight is 141 g/mol. The van der Waals surface area contributed by atoms with Crippen LogP contribution >= 0.6 is 0 Å². The molecule has 1 saturated carbocycles. The van der Waals surface area contributed by atoms with Crippen LogP contribution in [0.4, 0.5) is 0 Å². The molecule has 0 radical (unpaired) electrons. The summed E-state index contributed by atoms with van der Waals surface area (Å²) in [6, 6.07) is 0.472. The van der Waals surface area contributed by atoms with Crippen molar-refractivity contribution in [3.63, 3.8) is 0 Å². The lowest BCUT2D eigenvalue weighted by atomic mass is 10.0. The Hall–Kier alpha value is -0.0400. The average Bonchev–Trinajstić information content (AvgIpc) is 2.41. The molecule has 0 spiro atoms. The molecular formula is C9H19N. The van der Waals surface area contributed by atoms with Crippen LogP contribution in [0.3, 0.4) is 0 Å². The van der Waals surface area contributed by atoms with Crippen LogP contribution in [0.15, 0.2) is 0 Å². The second kappa shape index (κ2) is 2.54. The molecule has 10 heavy (non-hydrogen) atoms. The minimum Gasteiger partial charge on any atom is -0.327 e. The molecule has 0 amide bonds. The van der Waals surface area contributed by atoms with E-state index >= 15 is 0 Å². The minimum absolute atomic E-state index is 0.472. The molecule has 0 saturated heterocycles. The van der Waals surface area contributed by atoms with Crippen molar-refractivity contribution >= 4 is 0 Å². The van der Waals surface area contributed by atoms with Crippen molar-refractivity contribution in [2.45, 2.75) is 46.1 Å². The van der Waals surface area contributed by atoms with Crippen LogP contribution in [-0.4, -0.2) is 6.04 Å². The van der Waals surface area contributed by atoms with Crippen molar-refractivity contribution < 1.29 is 0 Å². The third-order valence-electron chi connectivity index (χ3n) is 2.73. The summed E-state index contributed by atoms with van der Waals surface area (Å²) in [4.78, 5) is 0. The second-order valence-corrected chi connectivity index (χ2v) is 4.25. The van der Waals surface area contributed by atoms with Gasteiger partial charge in [0, 0.05) is 6.04 Å². The van der Waals surface area contributed by atoms with Crippen LogP contribution in [-0.2, 0) is 0 Å². The van der Waals surface area contributed by atoms with Gasteiger partial charge in [-0.25, -0.2) is 0 Å². The fourth-order valence-corrected chi connectivity index (χ4v) is 1.77. The van der Waals surface area contributed by atoms with Gasteiger partial charge >= 0.3 is 0 Å². The Morgan fingerprint density at radius 2 is 2.10 bits per heavy atom. The highest BCUT2D eigenvalue weighted by Gasteiger charge is 2.48. The minimum atomic E-state index is 0.472. The Balaban J connectivity index is 2.25. The maximum atomic E-state index is 5.97. The largest absolute Gasteiger partial charge is 0.327 e. The molecule has 1 heteroatoms. The summed E-state index contributed by atoms with van der Waals surface area (Å²) in [5.41, 5.74) is 6.53. The molecule has 0 aliphatic heterocycles. The first-order valence-corrected chi connectivity index (χ1v) is 4.33. The number of hydrogen-bond acceptors (Lipinski definition) is 1. The van der Waals surface area contributed by atoms with Crippen molar-refractivity contribution in [3.8, 4) is 0 Å². The van der Waals surface area contributed by atoms with Gasteiger partial charge in [-0.05, 0) is 24.2 Å². The summed E-state index contributed by atoms with van der Waals surface area (Å²) in [5, 5.41) is 0. The van der Waals surface area contributed by atoms with Gasteiger partial charge in [-0.2, -0.15) is 0 Å². The third kappa shape index (κ3) is 1.51. The van der Waals surface area contributed by atoms with E-state index in [0.29, 0.717) is 11.5 Å². The first kappa shape index (κ1) is 8.06. The van der Waals surface area contributed by atoms with Crippen molar-refractivity contribution in [2.24, 2.45) is 17.1 Å². The molecule has 0 heterocycles. The van der Waals surface area contributed by atoms with E-state index in [1.807, 2.05) is 0 Å². The summed E-state index contributed by atoms with van der Waals surface area (Å²) in [7, 11) is 0. The fourth-order valence-electron chi connectivity index (χ4n) is 1.77. The van der Waals surface area contributed by atoms with Gasteiger partial charge < -0.3 is 5.73 Å². The van der Waals surface area contributed by atoms with Crippen LogP contribution in [0.1, 0.15) is 40.0 Å². The summed E-state index contributed by atoms with van der Waals surface area (Å²) in [6.07, 6.45) is 3.77. The second-order valence-electron chi connectivity index (χ2n) is 4.25. The predicted octanol–water partition coefficient (Wildman–Crippen LogP) is 2.16. The van der Waals surface area contributed by atoms with Gasteiger partial charge in [-0.15, -0.1) is 0 Å². The molecule has 60 valence electrons. The molecule has 1 nitrogen and oxygen atoms in total. The SMILES string of the molecule is CCCC(N)C1CC1(C)C. The Morgan fingerprint density at radius 3 is 2.40 bits per heavy atom. The summed E-state index contributed by atoms with van der Waals surface area (Å²) >= 11 is 0. The van der Waals surface area contributed by atoms with E-state index in [2.05, 4.69) is 20.8 Å². The summed E-state index contributed by atoms with van der Waals surface area (Å²) in [6.45, 7) is 6.83. The van der Waals surface area contributed by atoms with Gasteiger partial charge in [0.2, 0.25) is 0 Å². The molecule has 1 fully saturated rings. The summed E-state index contributed by atoms with van der Waals surface area (Å²) in [5.74, 6) is 0.812. The third-order valence-corrected chi connectivity index (χ3v) is 2.73. The smallest absolute Gasteiger partial charge is 0.00723 e. The molecule has 1 rings (SSSR count). The van der Waals surface area contributed by atoms with E-state index in [-0.39, 0.29) is 0 Å². The van der Waals surface area contributed by atoms with E-state index in [1.165, 1.54) is 19.3 Å². The van der Waals surface area contributed by atoms with Gasteiger partial charge in [-0.3, -0.25) is 0 Å². The molecular weight excluding hydrogens is 122 g/mol. The van der Waals surface area contributed by atoms with Gasteiger partial charge in [0.05, 0.1) is 0 Å². The van der Waals surface area contributed by atoms with Crippen LogP contribution in [0.25, 0.3) is 0 Å². The first-order valence-electron chi connectivity index (χ1n) is 4.33. The van der Waals surface area contributed by atoms with Gasteiger partial charge in [0.25, 0.3) is 0 Å². The van der Waals surface area contributed by atoms with E-state index in [9.17, 15) is 0 Å².